The second-order valence-electron chi connectivity index (χ2n) is 7.18. The van der Waals surface area contributed by atoms with Crippen LogP contribution in [-0.2, 0) is 17.6 Å². The summed E-state index contributed by atoms with van der Waals surface area (Å²) in [5, 5.41) is 15.7. The van der Waals surface area contributed by atoms with Crippen LogP contribution >= 0.6 is 0 Å². The standard InChI is InChI=1S/C21H23N3O3/c25-18-12-19(24(13-18)21(27)23-16-7-2-1-3-8-16)20(26)22-17-10-9-14-5-4-6-15(14)11-17/h1-3,7-11,18-19,25H,4-6,12-13H2,(H,22,26)(H,23,27). The van der Waals surface area contributed by atoms with Gasteiger partial charge in [0.1, 0.15) is 6.04 Å². The number of para-hydroxylation sites is 1. The van der Waals surface area contributed by atoms with Crippen LogP contribution in [0.5, 0.6) is 0 Å². The summed E-state index contributed by atoms with van der Waals surface area (Å²) in [6.07, 6.45) is 2.80. The number of aliphatic hydroxyl groups is 1. The minimum Gasteiger partial charge on any atom is -0.391 e. The Kier molecular flexibility index (Phi) is 4.81. The molecule has 1 fully saturated rings. The van der Waals surface area contributed by atoms with Gasteiger partial charge in [-0.15, -0.1) is 0 Å². The molecule has 6 heteroatoms. The van der Waals surface area contributed by atoms with Crippen LogP contribution in [-0.4, -0.2) is 40.6 Å². The Morgan fingerprint density at radius 1 is 0.963 bits per heavy atom. The number of carbonyl (C=O) groups excluding carboxylic acids is 2. The van der Waals surface area contributed by atoms with Crippen molar-refractivity contribution in [3.8, 4) is 0 Å². The fourth-order valence-electron chi connectivity index (χ4n) is 3.88. The average Bonchev–Trinajstić information content (AvgIpc) is 3.28. The summed E-state index contributed by atoms with van der Waals surface area (Å²) in [6, 6.07) is 14.0. The third kappa shape index (κ3) is 3.80. The number of amides is 3. The molecule has 2 aromatic rings. The number of benzene rings is 2. The minimum absolute atomic E-state index is 0.140. The number of fused-ring (bicyclic) bond motifs is 1. The molecule has 140 valence electrons. The molecule has 27 heavy (non-hydrogen) atoms. The lowest BCUT2D eigenvalue weighted by Gasteiger charge is -2.24. The largest absolute Gasteiger partial charge is 0.391 e. The van der Waals surface area contributed by atoms with Crippen LogP contribution in [0.2, 0.25) is 0 Å². The smallest absolute Gasteiger partial charge is 0.322 e. The van der Waals surface area contributed by atoms with Gasteiger partial charge in [0.15, 0.2) is 0 Å². The van der Waals surface area contributed by atoms with E-state index >= 15 is 0 Å². The van der Waals surface area contributed by atoms with Crippen molar-refractivity contribution < 1.29 is 14.7 Å². The molecule has 1 heterocycles. The van der Waals surface area contributed by atoms with E-state index in [0.29, 0.717) is 5.69 Å². The number of nitrogens with one attached hydrogen (secondary N) is 2. The third-order valence-electron chi connectivity index (χ3n) is 5.23. The molecular formula is C21H23N3O3. The summed E-state index contributed by atoms with van der Waals surface area (Å²) in [4.78, 5) is 26.8. The zero-order chi connectivity index (χ0) is 18.8. The summed E-state index contributed by atoms with van der Waals surface area (Å²) >= 11 is 0. The van der Waals surface area contributed by atoms with Gasteiger partial charge >= 0.3 is 6.03 Å². The molecule has 1 aliphatic heterocycles. The lowest BCUT2D eigenvalue weighted by molar-refractivity contribution is -0.119. The van der Waals surface area contributed by atoms with Crippen molar-refractivity contribution in [2.45, 2.75) is 37.8 Å². The highest BCUT2D eigenvalue weighted by Gasteiger charge is 2.39. The minimum atomic E-state index is -0.706. The summed E-state index contributed by atoms with van der Waals surface area (Å²) in [5.74, 6) is -0.271. The van der Waals surface area contributed by atoms with E-state index in [0.717, 1.165) is 24.9 Å². The van der Waals surface area contributed by atoms with Crippen molar-refractivity contribution in [3.63, 3.8) is 0 Å². The van der Waals surface area contributed by atoms with Crippen molar-refractivity contribution in [2.24, 2.45) is 0 Å². The highest BCUT2D eigenvalue weighted by molar-refractivity contribution is 5.99. The van der Waals surface area contributed by atoms with Crippen molar-refractivity contribution in [2.75, 3.05) is 17.2 Å². The molecule has 0 radical (unpaired) electrons. The predicted octanol–water partition coefficient (Wildman–Crippen LogP) is 2.78. The third-order valence-corrected chi connectivity index (χ3v) is 5.23. The van der Waals surface area contributed by atoms with E-state index in [2.05, 4.69) is 16.7 Å². The van der Waals surface area contributed by atoms with Gasteiger partial charge in [0, 0.05) is 24.3 Å². The van der Waals surface area contributed by atoms with E-state index in [1.165, 1.54) is 16.0 Å². The van der Waals surface area contributed by atoms with E-state index in [-0.39, 0.29) is 24.9 Å². The van der Waals surface area contributed by atoms with Crippen LogP contribution in [0.15, 0.2) is 48.5 Å². The molecule has 4 rings (SSSR count). The summed E-state index contributed by atoms with van der Waals surface area (Å²) in [7, 11) is 0. The van der Waals surface area contributed by atoms with Crippen LogP contribution in [0.3, 0.4) is 0 Å². The number of aliphatic hydroxyl groups excluding tert-OH is 1. The number of nitrogens with zero attached hydrogens (tertiary/aromatic N) is 1. The Hall–Kier alpha value is -2.86. The first-order valence-corrected chi connectivity index (χ1v) is 9.33. The fourth-order valence-corrected chi connectivity index (χ4v) is 3.88. The molecule has 2 unspecified atom stereocenters. The van der Waals surface area contributed by atoms with Crippen molar-refractivity contribution >= 4 is 23.3 Å². The van der Waals surface area contributed by atoms with Crippen molar-refractivity contribution in [3.05, 3.63) is 59.7 Å². The van der Waals surface area contributed by atoms with Gasteiger partial charge in [-0.3, -0.25) is 4.79 Å². The van der Waals surface area contributed by atoms with Crippen molar-refractivity contribution in [1.82, 2.24) is 4.90 Å². The number of aryl methyl sites for hydroxylation is 2. The number of β-amino-alcohol motifs (C(OH)–C–C–N with tert-alkyl or cyclic N) is 1. The van der Waals surface area contributed by atoms with Crippen LogP contribution in [0.1, 0.15) is 24.0 Å². The number of rotatable bonds is 3. The Morgan fingerprint density at radius 3 is 2.56 bits per heavy atom. The van der Waals surface area contributed by atoms with Crippen LogP contribution < -0.4 is 10.6 Å². The molecule has 0 aromatic heterocycles. The monoisotopic (exact) mass is 365 g/mol. The Bertz CT molecular complexity index is 853. The van der Waals surface area contributed by atoms with Gasteiger partial charge < -0.3 is 20.6 Å². The van der Waals surface area contributed by atoms with Crippen molar-refractivity contribution in [1.29, 1.82) is 0 Å². The first-order valence-electron chi connectivity index (χ1n) is 9.33. The van der Waals surface area contributed by atoms with E-state index in [1.807, 2.05) is 30.3 Å². The van der Waals surface area contributed by atoms with Gasteiger partial charge in [0.2, 0.25) is 5.91 Å². The molecule has 3 amide bonds. The zero-order valence-electron chi connectivity index (χ0n) is 15.0. The van der Waals surface area contributed by atoms with Gasteiger partial charge in [-0.05, 0) is 54.7 Å². The molecule has 1 aliphatic carbocycles. The number of anilines is 2. The molecule has 3 N–H and O–H groups in total. The first-order chi connectivity index (χ1) is 13.1. The van der Waals surface area contributed by atoms with Crippen LogP contribution in [0.4, 0.5) is 16.2 Å². The Labute approximate surface area is 158 Å². The fraction of sp³-hybridized carbons (Fsp3) is 0.333. The second-order valence-corrected chi connectivity index (χ2v) is 7.18. The quantitative estimate of drug-likeness (QED) is 0.782. The second kappa shape index (κ2) is 7.40. The topological polar surface area (TPSA) is 81.7 Å². The van der Waals surface area contributed by atoms with Crippen LogP contribution in [0, 0.1) is 0 Å². The summed E-state index contributed by atoms with van der Waals surface area (Å²) < 4.78 is 0. The van der Waals surface area contributed by atoms with Gasteiger partial charge in [-0.25, -0.2) is 4.79 Å². The maximum Gasteiger partial charge on any atom is 0.322 e. The normalized spacial score (nSPS) is 21.0. The van der Waals surface area contributed by atoms with Gasteiger partial charge in [0.25, 0.3) is 0 Å². The van der Waals surface area contributed by atoms with Gasteiger partial charge in [0.05, 0.1) is 6.10 Å². The molecule has 0 spiro atoms. The lowest BCUT2D eigenvalue weighted by atomic mass is 10.1. The van der Waals surface area contributed by atoms with E-state index in [4.69, 9.17) is 0 Å². The van der Waals surface area contributed by atoms with Gasteiger partial charge in [-0.1, -0.05) is 24.3 Å². The molecule has 2 aliphatic rings. The zero-order valence-corrected chi connectivity index (χ0v) is 15.0. The molecule has 0 bridgehead atoms. The van der Waals surface area contributed by atoms with E-state index in [1.54, 1.807) is 12.1 Å². The first kappa shape index (κ1) is 17.5. The average molecular weight is 365 g/mol. The number of carbonyl (C=O) groups is 2. The van der Waals surface area contributed by atoms with E-state index < -0.39 is 12.1 Å². The Morgan fingerprint density at radius 2 is 1.74 bits per heavy atom. The highest BCUT2D eigenvalue weighted by Crippen LogP contribution is 2.26. The Balaban J connectivity index is 1.45. The molecule has 6 nitrogen and oxygen atoms in total. The highest BCUT2D eigenvalue weighted by atomic mass is 16.3. The lowest BCUT2D eigenvalue weighted by Crippen LogP contribution is -2.45. The number of urea groups is 1. The maximum absolute atomic E-state index is 12.8. The SMILES string of the molecule is O=C(Nc1ccc2c(c1)CCC2)C1CC(O)CN1C(=O)Nc1ccccc1. The van der Waals surface area contributed by atoms with Crippen LogP contribution in [0.25, 0.3) is 0 Å². The summed E-state index contributed by atoms with van der Waals surface area (Å²) in [6.45, 7) is 0.140. The molecule has 0 saturated carbocycles. The molecular weight excluding hydrogens is 342 g/mol. The summed E-state index contributed by atoms with van der Waals surface area (Å²) in [5.41, 5.74) is 4.01. The molecule has 2 aromatic carbocycles. The van der Waals surface area contributed by atoms with Gasteiger partial charge in [-0.2, -0.15) is 0 Å². The number of likely N-dealkylation sites (tertiary alicyclic amines) is 1. The molecule has 2 atom stereocenters. The number of hydrogen-bond acceptors (Lipinski definition) is 3. The molecule has 1 saturated heterocycles. The van der Waals surface area contributed by atoms with E-state index in [9.17, 15) is 14.7 Å². The number of hydrogen-bond donors (Lipinski definition) is 3. The maximum atomic E-state index is 12.8. The predicted molar refractivity (Wildman–Crippen MR) is 104 cm³/mol.